The molecule has 1 aromatic heterocycles. The van der Waals surface area contributed by atoms with Crippen molar-refractivity contribution in [2.45, 2.75) is 0 Å². The first kappa shape index (κ1) is 9.53. The van der Waals surface area contributed by atoms with Crippen molar-refractivity contribution in [2.75, 3.05) is 5.73 Å². The van der Waals surface area contributed by atoms with Gasteiger partial charge in [0.1, 0.15) is 10.7 Å². The molecule has 2 rings (SSSR count). The number of aromatic amines is 2. The van der Waals surface area contributed by atoms with E-state index >= 15 is 0 Å². The molecule has 7 nitrogen and oxygen atoms in total. The highest BCUT2D eigenvalue weighted by Gasteiger charge is 2.21. The number of nitro groups is 1. The van der Waals surface area contributed by atoms with E-state index in [0.29, 0.717) is 5.52 Å². The van der Waals surface area contributed by atoms with Crippen LogP contribution < -0.4 is 11.4 Å². The van der Waals surface area contributed by atoms with Gasteiger partial charge in [-0.25, -0.2) is 4.79 Å². The molecule has 0 amide bonds. The number of H-pyrrole nitrogens is 2. The van der Waals surface area contributed by atoms with Crippen molar-refractivity contribution < 1.29 is 4.92 Å². The summed E-state index contributed by atoms with van der Waals surface area (Å²) in [6, 6.07) is 1.29. The van der Waals surface area contributed by atoms with Gasteiger partial charge in [-0.1, -0.05) is 11.6 Å². The van der Waals surface area contributed by atoms with Crippen LogP contribution in [0.3, 0.4) is 0 Å². The number of nitro benzene ring substituents is 1. The van der Waals surface area contributed by atoms with Gasteiger partial charge in [0.05, 0.1) is 16.0 Å². The molecule has 0 bridgehead atoms. The Morgan fingerprint density at radius 2 is 2.13 bits per heavy atom. The molecule has 0 aliphatic rings. The van der Waals surface area contributed by atoms with Crippen molar-refractivity contribution in [1.82, 2.24) is 9.97 Å². The minimum absolute atomic E-state index is 0.0900. The number of hydrogen-bond acceptors (Lipinski definition) is 4. The van der Waals surface area contributed by atoms with Crippen LogP contribution in [-0.4, -0.2) is 14.9 Å². The van der Waals surface area contributed by atoms with Gasteiger partial charge in [-0.2, -0.15) is 0 Å². The van der Waals surface area contributed by atoms with Crippen LogP contribution in [0.1, 0.15) is 0 Å². The average molecular weight is 229 g/mol. The molecule has 2 aromatic rings. The number of aromatic nitrogens is 2. The van der Waals surface area contributed by atoms with Gasteiger partial charge in [-0.05, 0) is 6.07 Å². The van der Waals surface area contributed by atoms with Crippen molar-refractivity contribution in [3.05, 3.63) is 31.7 Å². The van der Waals surface area contributed by atoms with Crippen molar-refractivity contribution in [3.8, 4) is 0 Å². The molecule has 0 spiro atoms. The lowest BCUT2D eigenvalue weighted by Gasteiger charge is -1.99. The lowest BCUT2D eigenvalue weighted by molar-refractivity contribution is -0.383. The Kier molecular flexibility index (Phi) is 1.90. The minimum atomic E-state index is -0.692. The number of nitrogen functional groups attached to an aromatic ring is 1. The quantitative estimate of drug-likeness (QED) is 0.383. The smallest absolute Gasteiger partial charge is 0.323 e. The second-order valence-corrected chi connectivity index (χ2v) is 3.27. The van der Waals surface area contributed by atoms with Crippen LogP contribution in [-0.2, 0) is 0 Å². The highest BCUT2D eigenvalue weighted by atomic mass is 35.5. The molecule has 78 valence electrons. The van der Waals surface area contributed by atoms with E-state index in [1.165, 1.54) is 6.07 Å². The number of halogens is 1. The summed E-state index contributed by atoms with van der Waals surface area (Å²) in [6.07, 6.45) is 0. The fourth-order valence-electron chi connectivity index (χ4n) is 1.33. The van der Waals surface area contributed by atoms with Gasteiger partial charge >= 0.3 is 11.4 Å². The maximum absolute atomic E-state index is 11.0. The van der Waals surface area contributed by atoms with Gasteiger partial charge in [-0.3, -0.25) is 10.1 Å². The van der Waals surface area contributed by atoms with Gasteiger partial charge in [0.25, 0.3) is 0 Å². The lowest BCUT2D eigenvalue weighted by atomic mass is 10.2. The molecule has 1 aromatic carbocycles. The molecular weight excluding hydrogens is 224 g/mol. The molecule has 0 saturated carbocycles. The third-order valence-corrected chi connectivity index (χ3v) is 2.31. The predicted octanol–water partition coefficient (Wildman–Crippen LogP) is 1.000. The normalized spacial score (nSPS) is 10.7. The topological polar surface area (TPSA) is 118 Å². The molecule has 1 heterocycles. The van der Waals surface area contributed by atoms with Crippen LogP contribution in [0.25, 0.3) is 11.0 Å². The van der Waals surface area contributed by atoms with E-state index in [1.807, 2.05) is 0 Å². The highest BCUT2D eigenvalue weighted by molar-refractivity contribution is 6.37. The average Bonchev–Trinajstić information content (AvgIpc) is 2.45. The minimum Gasteiger partial charge on any atom is -0.393 e. The molecule has 0 atom stereocenters. The third-order valence-electron chi connectivity index (χ3n) is 1.94. The van der Waals surface area contributed by atoms with Gasteiger partial charge in [0, 0.05) is 0 Å². The highest BCUT2D eigenvalue weighted by Crippen LogP contribution is 2.35. The van der Waals surface area contributed by atoms with E-state index in [4.69, 9.17) is 17.3 Å². The lowest BCUT2D eigenvalue weighted by Crippen LogP contribution is -1.99. The van der Waals surface area contributed by atoms with Crippen molar-refractivity contribution >= 4 is 34.0 Å². The molecule has 15 heavy (non-hydrogen) atoms. The summed E-state index contributed by atoms with van der Waals surface area (Å²) in [6.45, 7) is 0. The van der Waals surface area contributed by atoms with Gasteiger partial charge in [-0.15, -0.1) is 0 Å². The summed E-state index contributed by atoms with van der Waals surface area (Å²) in [4.78, 5) is 25.6. The summed E-state index contributed by atoms with van der Waals surface area (Å²) in [5, 5.41) is 10.5. The monoisotopic (exact) mass is 228 g/mol. The van der Waals surface area contributed by atoms with Crippen molar-refractivity contribution in [3.63, 3.8) is 0 Å². The van der Waals surface area contributed by atoms with Crippen LogP contribution in [0, 0.1) is 10.1 Å². The zero-order valence-corrected chi connectivity index (χ0v) is 7.96. The molecule has 0 aliphatic carbocycles. The predicted molar refractivity (Wildman–Crippen MR) is 55.0 cm³/mol. The first-order valence-corrected chi connectivity index (χ1v) is 4.23. The first-order valence-electron chi connectivity index (χ1n) is 3.85. The second kappa shape index (κ2) is 2.99. The van der Waals surface area contributed by atoms with Crippen LogP contribution >= 0.6 is 11.6 Å². The number of nitrogens with one attached hydrogen (secondary N) is 2. The zero-order chi connectivity index (χ0) is 11.2. The van der Waals surface area contributed by atoms with E-state index in [1.54, 1.807) is 0 Å². The Balaban J connectivity index is 2.95. The van der Waals surface area contributed by atoms with Crippen molar-refractivity contribution in [2.24, 2.45) is 0 Å². The second-order valence-electron chi connectivity index (χ2n) is 2.89. The molecule has 0 saturated heterocycles. The van der Waals surface area contributed by atoms with E-state index in [2.05, 4.69) is 9.97 Å². The van der Waals surface area contributed by atoms with Gasteiger partial charge < -0.3 is 15.7 Å². The number of benzene rings is 1. The molecule has 0 unspecified atom stereocenters. The molecule has 0 radical (unpaired) electrons. The maximum Gasteiger partial charge on any atom is 0.323 e. The van der Waals surface area contributed by atoms with Gasteiger partial charge in [0.2, 0.25) is 0 Å². The number of nitrogens with two attached hydrogens (primary N) is 1. The SMILES string of the molecule is Nc1cc2[nH]c(=O)[nH]c2c(Cl)c1[N+](=O)[O-]. The number of fused-ring (bicyclic) bond motifs is 1. The largest absolute Gasteiger partial charge is 0.393 e. The summed E-state index contributed by atoms with van der Waals surface area (Å²) in [5.41, 5.74) is 4.97. The Morgan fingerprint density at radius 3 is 2.73 bits per heavy atom. The molecule has 0 fully saturated rings. The Hall–Kier alpha value is -2.02. The molecular formula is C7H5ClN4O3. The Bertz CT molecular complexity index is 614. The van der Waals surface area contributed by atoms with Gasteiger partial charge in [0.15, 0.2) is 0 Å². The standard InChI is InChI=1S/C7H5ClN4O3/c8-4-5-3(10-7(13)11-5)1-2(9)6(4)12(14)15/h1H,9H2,(H2,10,11,13). The number of nitrogens with zero attached hydrogens (tertiary/aromatic N) is 1. The van der Waals surface area contributed by atoms with Crippen LogP contribution in [0.15, 0.2) is 10.9 Å². The van der Waals surface area contributed by atoms with E-state index < -0.39 is 16.3 Å². The summed E-state index contributed by atoms with van der Waals surface area (Å²) >= 11 is 5.74. The fourth-order valence-corrected chi connectivity index (χ4v) is 1.66. The van der Waals surface area contributed by atoms with E-state index in [9.17, 15) is 14.9 Å². The zero-order valence-electron chi connectivity index (χ0n) is 7.20. The molecule has 8 heteroatoms. The third kappa shape index (κ3) is 1.33. The van der Waals surface area contributed by atoms with Crippen LogP contribution in [0.5, 0.6) is 0 Å². The molecule has 0 aliphatic heterocycles. The van der Waals surface area contributed by atoms with E-state index in [0.717, 1.165) is 0 Å². The van der Waals surface area contributed by atoms with Crippen LogP contribution in [0.4, 0.5) is 11.4 Å². The Morgan fingerprint density at radius 1 is 1.47 bits per heavy atom. The summed E-state index contributed by atoms with van der Waals surface area (Å²) in [7, 11) is 0. The number of anilines is 1. The Labute approximate surface area is 87.0 Å². The number of hydrogen-bond donors (Lipinski definition) is 3. The summed E-state index contributed by atoms with van der Waals surface area (Å²) < 4.78 is 0. The number of rotatable bonds is 1. The van der Waals surface area contributed by atoms with Crippen LogP contribution in [0.2, 0.25) is 5.02 Å². The van der Waals surface area contributed by atoms with E-state index in [-0.39, 0.29) is 16.2 Å². The maximum atomic E-state index is 11.0. The van der Waals surface area contributed by atoms with Crippen molar-refractivity contribution in [1.29, 1.82) is 0 Å². The fraction of sp³-hybridized carbons (Fsp3) is 0. The first-order chi connectivity index (χ1) is 7.00. The number of imidazole rings is 1. The molecule has 4 N–H and O–H groups in total. The summed E-state index contributed by atoms with van der Waals surface area (Å²) in [5.74, 6) is 0.